The molecule has 1 aromatic heterocycles. The SMILES string of the molecule is Cc1cc(NC(C)(C)C(C)O)c2ccccc2n1. The number of hydrogen-bond donors (Lipinski definition) is 2. The molecular formula is C15H20N2O. The van der Waals surface area contributed by atoms with Gasteiger partial charge in [0, 0.05) is 16.8 Å². The molecular weight excluding hydrogens is 224 g/mol. The molecule has 1 atom stereocenters. The zero-order valence-corrected chi connectivity index (χ0v) is 11.4. The van der Waals surface area contributed by atoms with Gasteiger partial charge in [-0.1, -0.05) is 18.2 Å². The molecule has 0 saturated heterocycles. The van der Waals surface area contributed by atoms with Crippen LogP contribution in [0.1, 0.15) is 26.5 Å². The van der Waals surface area contributed by atoms with E-state index < -0.39 is 6.10 Å². The largest absolute Gasteiger partial charge is 0.391 e. The lowest BCUT2D eigenvalue weighted by molar-refractivity contribution is 0.133. The van der Waals surface area contributed by atoms with Crippen molar-refractivity contribution in [3.8, 4) is 0 Å². The quantitative estimate of drug-likeness (QED) is 0.872. The van der Waals surface area contributed by atoms with Gasteiger partial charge in [0.15, 0.2) is 0 Å². The second kappa shape index (κ2) is 4.58. The third-order valence-electron chi connectivity index (χ3n) is 3.35. The van der Waals surface area contributed by atoms with Crippen LogP contribution in [0.15, 0.2) is 30.3 Å². The summed E-state index contributed by atoms with van der Waals surface area (Å²) in [5, 5.41) is 14.3. The van der Waals surface area contributed by atoms with Gasteiger partial charge in [-0.25, -0.2) is 0 Å². The summed E-state index contributed by atoms with van der Waals surface area (Å²) in [4.78, 5) is 4.51. The molecule has 0 saturated carbocycles. The highest BCUT2D eigenvalue weighted by Gasteiger charge is 2.24. The number of nitrogens with one attached hydrogen (secondary N) is 1. The molecule has 0 aliphatic heterocycles. The summed E-state index contributed by atoms with van der Waals surface area (Å²) >= 11 is 0. The van der Waals surface area contributed by atoms with E-state index >= 15 is 0 Å². The number of pyridine rings is 1. The number of aliphatic hydroxyl groups is 1. The molecule has 2 aromatic rings. The predicted molar refractivity (Wildman–Crippen MR) is 75.9 cm³/mol. The fourth-order valence-corrected chi connectivity index (χ4v) is 1.86. The Kier molecular flexibility index (Phi) is 3.26. The molecule has 3 nitrogen and oxygen atoms in total. The lowest BCUT2D eigenvalue weighted by Crippen LogP contribution is -2.41. The second-order valence-electron chi connectivity index (χ2n) is 5.35. The molecule has 2 rings (SSSR count). The van der Waals surface area contributed by atoms with E-state index in [4.69, 9.17) is 0 Å². The van der Waals surface area contributed by atoms with Gasteiger partial charge < -0.3 is 10.4 Å². The zero-order chi connectivity index (χ0) is 13.3. The molecule has 3 heteroatoms. The molecule has 2 N–H and O–H groups in total. The van der Waals surface area contributed by atoms with E-state index in [0.29, 0.717) is 0 Å². The van der Waals surface area contributed by atoms with Crippen LogP contribution < -0.4 is 5.32 Å². The minimum atomic E-state index is -0.440. The minimum Gasteiger partial charge on any atom is -0.391 e. The van der Waals surface area contributed by atoms with Crippen LogP contribution in [0.4, 0.5) is 5.69 Å². The summed E-state index contributed by atoms with van der Waals surface area (Å²) in [6.07, 6.45) is -0.440. The summed E-state index contributed by atoms with van der Waals surface area (Å²) in [6, 6.07) is 10.1. The Morgan fingerprint density at radius 2 is 1.94 bits per heavy atom. The normalized spacial score (nSPS) is 13.6. The van der Waals surface area contributed by atoms with Crippen molar-refractivity contribution in [1.29, 1.82) is 0 Å². The van der Waals surface area contributed by atoms with Crippen molar-refractivity contribution in [3.05, 3.63) is 36.0 Å². The Labute approximate surface area is 108 Å². The fraction of sp³-hybridized carbons (Fsp3) is 0.400. The number of nitrogens with zero attached hydrogens (tertiary/aromatic N) is 1. The number of aromatic nitrogens is 1. The van der Waals surface area contributed by atoms with Crippen LogP contribution in [0.5, 0.6) is 0 Å². The summed E-state index contributed by atoms with van der Waals surface area (Å²) < 4.78 is 0. The predicted octanol–water partition coefficient (Wildman–Crippen LogP) is 3.11. The first kappa shape index (κ1) is 12.8. The van der Waals surface area contributed by atoms with Crippen molar-refractivity contribution >= 4 is 16.6 Å². The molecule has 0 bridgehead atoms. The average molecular weight is 244 g/mol. The molecule has 0 amide bonds. The van der Waals surface area contributed by atoms with Gasteiger partial charge in [0.25, 0.3) is 0 Å². The zero-order valence-electron chi connectivity index (χ0n) is 11.4. The van der Waals surface area contributed by atoms with Crippen molar-refractivity contribution in [2.45, 2.75) is 39.3 Å². The first-order valence-corrected chi connectivity index (χ1v) is 6.23. The van der Waals surface area contributed by atoms with Crippen molar-refractivity contribution in [2.24, 2.45) is 0 Å². The van der Waals surface area contributed by atoms with Crippen LogP contribution in [-0.4, -0.2) is 21.7 Å². The molecule has 96 valence electrons. The van der Waals surface area contributed by atoms with Gasteiger partial charge >= 0.3 is 0 Å². The van der Waals surface area contributed by atoms with E-state index in [9.17, 15) is 5.11 Å². The number of benzene rings is 1. The van der Waals surface area contributed by atoms with Crippen LogP contribution in [0.25, 0.3) is 10.9 Å². The van der Waals surface area contributed by atoms with E-state index in [1.807, 2.05) is 51.1 Å². The van der Waals surface area contributed by atoms with Crippen LogP contribution in [-0.2, 0) is 0 Å². The highest BCUT2D eigenvalue weighted by molar-refractivity contribution is 5.91. The Bertz CT molecular complexity index is 561. The Morgan fingerprint density at radius 3 is 2.61 bits per heavy atom. The van der Waals surface area contributed by atoms with Gasteiger partial charge in [-0.3, -0.25) is 4.98 Å². The van der Waals surface area contributed by atoms with Crippen LogP contribution in [0.2, 0.25) is 0 Å². The molecule has 0 spiro atoms. The Balaban J connectivity index is 2.50. The summed E-state index contributed by atoms with van der Waals surface area (Å²) in [5.41, 5.74) is 2.58. The first-order chi connectivity index (χ1) is 8.40. The topological polar surface area (TPSA) is 45.1 Å². The summed E-state index contributed by atoms with van der Waals surface area (Å²) in [7, 11) is 0. The summed E-state index contributed by atoms with van der Waals surface area (Å²) in [6.45, 7) is 7.75. The molecule has 0 aliphatic rings. The highest BCUT2D eigenvalue weighted by Crippen LogP contribution is 2.26. The summed E-state index contributed by atoms with van der Waals surface area (Å²) in [5.74, 6) is 0. The van der Waals surface area contributed by atoms with Crippen molar-refractivity contribution in [1.82, 2.24) is 4.98 Å². The number of para-hydroxylation sites is 1. The van der Waals surface area contributed by atoms with Gasteiger partial charge in [-0.15, -0.1) is 0 Å². The third kappa shape index (κ3) is 2.46. The number of hydrogen-bond acceptors (Lipinski definition) is 3. The number of aryl methyl sites for hydroxylation is 1. The third-order valence-corrected chi connectivity index (χ3v) is 3.35. The fourth-order valence-electron chi connectivity index (χ4n) is 1.86. The van der Waals surface area contributed by atoms with E-state index in [2.05, 4.69) is 10.3 Å². The van der Waals surface area contributed by atoms with E-state index in [0.717, 1.165) is 22.3 Å². The lowest BCUT2D eigenvalue weighted by Gasteiger charge is -2.31. The average Bonchev–Trinajstić information content (AvgIpc) is 2.28. The van der Waals surface area contributed by atoms with Crippen molar-refractivity contribution in [3.63, 3.8) is 0 Å². The van der Waals surface area contributed by atoms with E-state index in [1.54, 1.807) is 6.92 Å². The standard InChI is InChI=1S/C15H20N2O/c1-10-9-14(17-15(3,4)11(2)18)12-7-5-6-8-13(12)16-10/h5-9,11,18H,1-4H3,(H,16,17). The molecule has 1 unspecified atom stereocenters. The second-order valence-corrected chi connectivity index (χ2v) is 5.35. The van der Waals surface area contributed by atoms with Gasteiger partial charge in [-0.05, 0) is 39.8 Å². The van der Waals surface area contributed by atoms with Gasteiger partial charge in [-0.2, -0.15) is 0 Å². The Morgan fingerprint density at radius 1 is 1.28 bits per heavy atom. The van der Waals surface area contributed by atoms with Crippen molar-refractivity contribution in [2.75, 3.05) is 5.32 Å². The monoisotopic (exact) mass is 244 g/mol. The molecule has 1 aromatic carbocycles. The van der Waals surface area contributed by atoms with E-state index in [-0.39, 0.29) is 5.54 Å². The lowest BCUT2D eigenvalue weighted by atomic mass is 9.97. The Hall–Kier alpha value is -1.61. The molecule has 18 heavy (non-hydrogen) atoms. The first-order valence-electron chi connectivity index (χ1n) is 6.23. The van der Waals surface area contributed by atoms with Crippen LogP contribution in [0.3, 0.4) is 0 Å². The molecule has 0 radical (unpaired) electrons. The smallest absolute Gasteiger partial charge is 0.0736 e. The minimum absolute atomic E-state index is 0.378. The number of anilines is 1. The van der Waals surface area contributed by atoms with Gasteiger partial charge in [0.2, 0.25) is 0 Å². The molecule has 0 aliphatic carbocycles. The van der Waals surface area contributed by atoms with Gasteiger partial charge in [0.05, 0.1) is 17.2 Å². The van der Waals surface area contributed by atoms with E-state index in [1.165, 1.54) is 0 Å². The maximum absolute atomic E-state index is 9.80. The molecule has 0 fully saturated rings. The maximum Gasteiger partial charge on any atom is 0.0736 e. The van der Waals surface area contributed by atoms with Gasteiger partial charge in [0.1, 0.15) is 0 Å². The number of rotatable bonds is 3. The van der Waals surface area contributed by atoms with Crippen LogP contribution >= 0.6 is 0 Å². The number of fused-ring (bicyclic) bond motifs is 1. The maximum atomic E-state index is 9.80. The molecule has 1 heterocycles. The number of aliphatic hydroxyl groups excluding tert-OH is 1. The highest BCUT2D eigenvalue weighted by atomic mass is 16.3. The van der Waals surface area contributed by atoms with Crippen LogP contribution in [0, 0.1) is 6.92 Å². The van der Waals surface area contributed by atoms with Crippen molar-refractivity contribution < 1.29 is 5.11 Å².